The van der Waals surface area contributed by atoms with Crippen molar-refractivity contribution >= 4 is 23.2 Å². The smallest absolute Gasteiger partial charge is 0.276 e. The molecule has 2 aromatic rings. The molecule has 17 heavy (non-hydrogen) atoms. The molecule has 7 heteroatoms. The molecule has 0 unspecified atom stereocenters. The molecule has 0 radical (unpaired) electrons. The maximum Gasteiger partial charge on any atom is 0.276 e. The van der Waals surface area contributed by atoms with Gasteiger partial charge < -0.3 is 5.32 Å². The summed E-state index contributed by atoms with van der Waals surface area (Å²) in [7, 11) is 0. The molecule has 0 saturated heterocycles. The van der Waals surface area contributed by atoms with E-state index in [1.807, 2.05) is 0 Å². The standard InChI is InChI=1S/C10H6ClFN4O/c11-8-3-2-7(15-16-8)10(17)14-6-1-4-9(12)13-5-6/h1-5H,(H,14,17). The van der Waals surface area contributed by atoms with E-state index in [1.54, 1.807) is 0 Å². The van der Waals surface area contributed by atoms with Crippen molar-refractivity contribution < 1.29 is 9.18 Å². The summed E-state index contributed by atoms with van der Waals surface area (Å²) in [6.07, 6.45) is 1.20. The number of halogens is 2. The molecule has 1 amide bonds. The highest BCUT2D eigenvalue weighted by Crippen LogP contribution is 2.08. The molecule has 5 nitrogen and oxygen atoms in total. The van der Waals surface area contributed by atoms with Crippen LogP contribution in [0.25, 0.3) is 0 Å². The largest absolute Gasteiger partial charge is 0.319 e. The fourth-order valence-electron chi connectivity index (χ4n) is 1.08. The van der Waals surface area contributed by atoms with E-state index in [2.05, 4.69) is 20.5 Å². The fourth-order valence-corrected chi connectivity index (χ4v) is 1.18. The first-order valence-corrected chi connectivity index (χ1v) is 4.95. The number of anilines is 1. The van der Waals surface area contributed by atoms with Crippen LogP contribution >= 0.6 is 11.6 Å². The monoisotopic (exact) mass is 252 g/mol. The lowest BCUT2D eigenvalue weighted by Gasteiger charge is -2.03. The van der Waals surface area contributed by atoms with Crippen LogP contribution in [0.3, 0.4) is 0 Å². The van der Waals surface area contributed by atoms with Crippen LogP contribution in [0.15, 0.2) is 30.5 Å². The van der Waals surface area contributed by atoms with Crippen LogP contribution < -0.4 is 5.32 Å². The minimum atomic E-state index is -0.616. The van der Waals surface area contributed by atoms with Crippen LogP contribution in [0, 0.1) is 5.95 Å². The summed E-state index contributed by atoms with van der Waals surface area (Å²) < 4.78 is 12.5. The molecule has 1 N–H and O–H groups in total. The summed E-state index contributed by atoms with van der Waals surface area (Å²) in [6.45, 7) is 0. The van der Waals surface area contributed by atoms with E-state index in [1.165, 1.54) is 24.4 Å². The highest BCUT2D eigenvalue weighted by atomic mass is 35.5. The van der Waals surface area contributed by atoms with Gasteiger partial charge in [0.25, 0.3) is 5.91 Å². The maximum atomic E-state index is 12.5. The van der Waals surface area contributed by atoms with E-state index >= 15 is 0 Å². The summed E-state index contributed by atoms with van der Waals surface area (Å²) in [5.41, 5.74) is 0.479. The predicted octanol–water partition coefficient (Wildman–Crippen LogP) is 1.92. The molecular weight excluding hydrogens is 247 g/mol. The lowest BCUT2D eigenvalue weighted by atomic mass is 10.3. The highest BCUT2D eigenvalue weighted by Gasteiger charge is 2.08. The first-order valence-electron chi connectivity index (χ1n) is 4.57. The normalized spacial score (nSPS) is 10.0. The van der Waals surface area contributed by atoms with Crippen LogP contribution in [0.5, 0.6) is 0 Å². The Hall–Kier alpha value is -2.08. The summed E-state index contributed by atoms with van der Waals surface area (Å²) >= 11 is 5.54. The van der Waals surface area contributed by atoms with E-state index < -0.39 is 11.9 Å². The average Bonchev–Trinajstić information content (AvgIpc) is 2.33. The van der Waals surface area contributed by atoms with Gasteiger partial charge in [-0.25, -0.2) is 4.98 Å². The van der Waals surface area contributed by atoms with Gasteiger partial charge in [-0.2, -0.15) is 4.39 Å². The number of carbonyl (C=O) groups is 1. The molecule has 0 atom stereocenters. The minimum Gasteiger partial charge on any atom is -0.319 e. The zero-order chi connectivity index (χ0) is 12.3. The Morgan fingerprint density at radius 2 is 2.06 bits per heavy atom. The Bertz CT molecular complexity index is 529. The van der Waals surface area contributed by atoms with Crippen molar-refractivity contribution in [2.24, 2.45) is 0 Å². The summed E-state index contributed by atoms with van der Waals surface area (Å²) in [4.78, 5) is 15.0. The lowest BCUT2D eigenvalue weighted by Crippen LogP contribution is -2.14. The fraction of sp³-hybridized carbons (Fsp3) is 0. The maximum absolute atomic E-state index is 12.5. The van der Waals surface area contributed by atoms with Crippen molar-refractivity contribution in [3.8, 4) is 0 Å². The third-order valence-corrected chi connectivity index (χ3v) is 2.05. The minimum absolute atomic E-state index is 0.110. The Labute approximate surface area is 101 Å². The molecule has 0 aliphatic heterocycles. The molecule has 0 spiro atoms. The van der Waals surface area contributed by atoms with E-state index in [0.29, 0.717) is 5.69 Å². The van der Waals surface area contributed by atoms with Crippen molar-refractivity contribution in [1.29, 1.82) is 0 Å². The lowest BCUT2D eigenvalue weighted by molar-refractivity contribution is 0.102. The van der Waals surface area contributed by atoms with Crippen LogP contribution in [0.2, 0.25) is 5.15 Å². The van der Waals surface area contributed by atoms with E-state index in [9.17, 15) is 9.18 Å². The number of rotatable bonds is 2. The Balaban J connectivity index is 2.11. The van der Waals surface area contributed by atoms with Gasteiger partial charge in [-0.1, -0.05) is 11.6 Å². The molecule has 2 rings (SSSR count). The van der Waals surface area contributed by atoms with Crippen molar-refractivity contribution in [2.75, 3.05) is 5.32 Å². The molecule has 2 heterocycles. The number of hydrogen-bond acceptors (Lipinski definition) is 4. The predicted molar refractivity (Wildman–Crippen MR) is 59.2 cm³/mol. The molecule has 0 aromatic carbocycles. The molecule has 0 aliphatic rings. The molecule has 86 valence electrons. The van der Waals surface area contributed by atoms with Gasteiger partial charge in [0, 0.05) is 0 Å². The first kappa shape index (κ1) is 11.4. The zero-order valence-corrected chi connectivity index (χ0v) is 9.15. The third kappa shape index (κ3) is 2.94. The molecule has 0 fully saturated rings. The van der Waals surface area contributed by atoms with Crippen molar-refractivity contribution in [1.82, 2.24) is 15.2 Å². The average molecular weight is 253 g/mol. The second-order valence-corrected chi connectivity index (χ2v) is 3.45. The number of amides is 1. The Kier molecular flexibility index (Phi) is 3.24. The molecule has 0 bridgehead atoms. The number of pyridine rings is 1. The molecule has 0 aliphatic carbocycles. The van der Waals surface area contributed by atoms with Crippen LogP contribution in [-0.2, 0) is 0 Å². The molecular formula is C10H6ClFN4O. The van der Waals surface area contributed by atoms with Gasteiger partial charge in [0.2, 0.25) is 5.95 Å². The van der Waals surface area contributed by atoms with Crippen LogP contribution in [0.1, 0.15) is 10.5 Å². The van der Waals surface area contributed by atoms with Crippen LogP contribution in [0.4, 0.5) is 10.1 Å². The van der Waals surface area contributed by atoms with Gasteiger partial charge in [0.15, 0.2) is 10.8 Å². The summed E-state index contributed by atoms with van der Waals surface area (Å²) in [6, 6.07) is 5.42. The zero-order valence-electron chi connectivity index (χ0n) is 8.39. The first-order chi connectivity index (χ1) is 8.15. The Morgan fingerprint density at radius 1 is 1.24 bits per heavy atom. The van der Waals surface area contributed by atoms with Crippen molar-refractivity contribution in [3.63, 3.8) is 0 Å². The topological polar surface area (TPSA) is 67.8 Å². The van der Waals surface area contributed by atoms with Gasteiger partial charge in [-0.05, 0) is 24.3 Å². The van der Waals surface area contributed by atoms with Crippen molar-refractivity contribution in [3.05, 3.63) is 47.3 Å². The second-order valence-electron chi connectivity index (χ2n) is 3.07. The highest BCUT2D eigenvalue weighted by molar-refractivity contribution is 6.29. The number of aromatic nitrogens is 3. The number of hydrogen-bond donors (Lipinski definition) is 1. The quantitative estimate of drug-likeness (QED) is 0.829. The SMILES string of the molecule is O=C(Nc1ccc(F)nc1)c1ccc(Cl)nn1. The number of nitrogens with one attached hydrogen (secondary N) is 1. The Morgan fingerprint density at radius 3 is 2.65 bits per heavy atom. The van der Waals surface area contributed by atoms with Gasteiger partial charge in [-0.3, -0.25) is 4.79 Å². The van der Waals surface area contributed by atoms with Gasteiger partial charge >= 0.3 is 0 Å². The van der Waals surface area contributed by atoms with E-state index in [-0.39, 0.29) is 10.8 Å². The van der Waals surface area contributed by atoms with Gasteiger partial charge in [0.1, 0.15) is 0 Å². The van der Waals surface area contributed by atoms with Gasteiger partial charge in [0.05, 0.1) is 11.9 Å². The molecule has 0 saturated carbocycles. The van der Waals surface area contributed by atoms with Gasteiger partial charge in [-0.15, -0.1) is 10.2 Å². The van der Waals surface area contributed by atoms with Crippen LogP contribution in [-0.4, -0.2) is 21.1 Å². The van der Waals surface area contributed by atoms with E-state index in [4.69, 9.17) is 11.6 Å². The van der Waals surface area contributed by atoms with Crippen molar-refractivity contribution in [2.45, 2.75) is 0 Å². The third-order valence-electron chi connectivity index (χ3n) is 1.85. The molecule has 2 aromatic heterocycles. The second kappa shape index (κ2) is 4.84. The van der Waals surface area contributed by atoms with E-state index in [0.717, 1.165) is 6.07 Å². The summed E-state index contributed by atoms with van der Waals surface area (Å²) in [5, 5.41) is 9.83. The number of nitrogens with zero attached hydrogens (tertiary/aromatic N) is 3. The summed E-state index contributed by atoms with van der Waals surface area (Å²) in [5.74, 6) is -1.09. The number of carbonyl (C=O) groups excluding carboxylic acids is 1.